The third-order valence-electron chi connectivity index (χ3n) is 3.31. The van der Waals surface area contributed by atoms with Crippen molar-refractivity contribution in [2.45, 2.75) is 12.5 Å². The number of hydrogen-bond donors (Lipinski definition) is 2. The summed E-state index contributed by atoms with van der Waals surface area (Å²) < 4.78 is 50.9. The van der Waals surface area contributed by atoms with Gasteiger partial charge < -0.3 is 0 Å². The Balaban J connectivity index is 2.41. The minimum absolute atomic E-state index is 0.0209. The predicted octanol–water partition coefficient (Wildman–Crippen LogP) is 1.67. The van der Waals surface area contributed by atoms with Crippen LogP contribution in [0, 0.1) is 17.6 Å². The quantitative estimate of drug-likeness (QED) is 0.492. The number of sulfone groups is 1. The second-order valence-electron chi connectivity index (χ2n) is 4.56. The van der Waals surface area contributed by atoms with Crippen LogP contribution in [0.1, 0.15) is 18.0 Å². The molecule has 2 rings (SSSR count). The van der Waals surface area contributed by atoms with Crippen LogP contribution >= 0.6 is 15.9 Å². The van der Waals surface area contributed by atoms with Gasteiger partial charge in [0.15, 0.2) is 9.84 Å². The Morgan fingerprint density at radius 1 is 1.42 bits per heavy atom. The lowest BCUT2D eigenvalue weighted by Gasteiger charge is -2.23. The van der Waals surface area contributed by atoms with Crippen molar-refractivity contribution in [2.75, 3.05) is 11.5 Å². The van der Waals surface area contributed by atoms with Crippen LogP contribution in [0.2, 0.25) is 0 Å². The van der Waals surface area contributed by atoms with E-state index in [1.54, 1.807) is 0 Å². The van der Waals surface area contributed by atoms with E-state index in [9.17, 15) is 17.2 Å². The Bertz CT molecular complexity index is 595. The lowest BCUT2D eigenvalue weighted by Crippen LogP contribution is -2.35. The van der Waals surface area contributed by atoms with Crippen molar-refractivity contribution in [1.29, 1.82) is 0 Å². The fourth-order valence-electron chi connectivity index (χ4n) is 2.37. The summed E-state index contributed by atoms with van der Waals surface area (Å²) in [5, 5.41) is 0. The molecule has 1 heterocycles. The normalized spacial score (nSPS) is 23.5. The second kappa shape index (κ2) is 5.43. The van der Waals surface area contributed by atoms with E-state index in [0.29, 0.717) is 6.42 Å². The number of halogens is 3. The Morgan fingerprint density at radius 3 is 2.63 bits per heavy atom. The van der Waals surface area contributed by atoms with Crippen LogP contribution in [0.15, 0.2) is 16.6 Å². The van der Waals surface area contributed by atoms with E-state index in [-0.39, 0.29) is 21.5 Å². The van der Waals surface area contributed by atoms with E-state index in [4.69, 9.17) is 5.84 Å². The van der Waals surface area contributed by atoms with Gasteiger partial charge in [0.05, 0.1) is 22.0 Å². The third-order valence-corrected chi connectivity index (χ3v) is 5.72. The first-order valence-electron chi connectivity index (χ1n) is 5.65. The Labute approximate surface area is 118 Å². The molecular weight excluding hydrogens is 342 g/mol. The van der Waals surface area contributed by atoms with Crippen LogP contribution in [0.3, 0.4) is 0 Å². The van der Waals surface area contributed by atoms with Crippen molar-refractivity contribution in [3.8, 4) is 0 Å². The molecule has 2 atom stereocenters. The SMILES string of the molecule is NNC(c1c(F)ccc(Br)c1F)C1CCS(=O)(=O)C1. The highest BCUT2D eigenvalue weighted by Gasteiger charge is 2.36. The number of rotatable bonds is 3. The summed E-state index contributed by atoms with van der Waals surface area (Å²) in [6, 6.07) is 1.51. The second-order valence-corrected chi connectivity index (χ2v) is 7.65. The van der Waals surface area contributed by atoms with Gasteiger partial charge in [-0.1, -0.05) is 0 Å². The van der Waals surface area contributed by atoms with Gasteiger partial charge in [-0.2, -0.15) is 0 Å². The van der Waals surface area contributed by atoms with Crippen LogP contribution in [0.25, 0.3) is 0 Å². The van der Waals surface area contributed by atoms with Crippen LogP contribution in [0.4, 0.5) is 8.78 Å². The van der Waals surface area contributed by atoms with Gasteiger partial charge in [0.25, 0.3) is 0 Å². The number of hydrogen-bond acceptors (Lipinski definition) is 4. The number of hydrazine groups is 1. The maximum Gasteiger partial charge on any atom is 0.150 e. The monoisotopic (exact) mass is 354 g/mol. The maximum absolute atomic E-state index is 14.0. The van der Waals surface area contributed by atoms with Gasteiger partial charge in [-0.25, -0.2) is 17.2 Å². The van der Waals surface area contributed by atoms with Gasteiger partial charge in [-0.15, -0.1) is 0 Å². The van der Waals surface area contributed by atoms with Crippen molar-refractivity contribution in [1.82, 2.24) is 5.43 Å². The molecule has 4 nitrogen and oxygen atoms in total. The molecule has 1 saturated heterocycles. The lowest BCUT2D eigenvalue weighted by atomic mass is 9.92. The summed E-state index contributed by atoms with van der Waals surface area (Å²) in [5.41, 5.74) is 2.12. The van der Waals surface area contributed by atoms with Crippen molar-refractivity contribution in [3.63, 3.8) is 0 Å². The smallest absolute Gasteiger partial charge is 0.150 e. The van der Waals surface area contributed by atoms with Gasteiger partial charge in [0.2, 0.25) is 0 Å². The highest BCUT2D eigenvalue weighted by molar-refractivity contribution is 9.10. The molecule has 0 spiro atoms. The van der Waals surface area contributed by atoms with Crippen molar-refractivity contribution < 1.29 is 17.2 Å². The van der Waals surface area contributed by atoms with Crippen molar-refractivity contribution in [2.24, 2.45) is 11.8 Å². The Kier molecular flexibility index (Phi) is 4.24. The predicted molar refractivity (Wildman–Crippen MR) is 70.9 cm³/mol. The molecule has 1 fully saturated rings. The molecule has 1 aliphatic rings. The molecule has 19 heavy (non-hydrogen) atoms. The largest absolute Gasteiger partial charge is 0.271 e. The molecule has 106 valence electrons. The Hall–Kier alpha value is -0.570. The fourth-order valence-corrected chi connectivity index (χ4v) is 4.56. The van der Waals surface area contributed by atoms with Gasteiger partial charge in [0, 0.05) is 5.56 Å². The van der Waals surface area contributed by atoms with Gasteiger partial charge in [-0.05, 0) is 40.4 Å². The summed E-state index contributed by atoms with van der Waals surface area (Å²) in [6.45, 7) is 0. The number of nitrogens with two attached hydrogens (primary N) is 1. The number of benzene rings is 1. The molecule has 0 amide bonds. The standard InChI is InChI=1S/C11H13BrF2N2O2S/c12-7-1-2-8(13)9(10(7)14)11(16-15)6-3-4-19(17,18)5-6/h1-2,6,11,16H,3-5,15H2. The summed E-state index contributed by atoms with van der Waals surface area (Å²) in [4.78, 5) is 0. The van der Waals surface area contributed by atoms with E-state index >= 15 is 0 Å². The molecule has 0 aromatic heterocycles. The molecule has 1 aliphatic heterocycles. The van der Waals surface area contributed by atoms with Crippen LogP contribution < -0.4 is 11.3 Å². The van der Waals surface area contributed by atoms with Gasteiger partial charge >= 0.3 is 0 Å². The lowest BCUT2D eigenvalue weighted by molar-refractivity contribution is 0.370. The minimum Gasteiger partial charge on any atom is -0.271 e. The summed E-state index contributed by atoms with van der Waals surface area (Å²) in [6.07, 6.45) is 0.336. The summed E-state index contributed by atoms with van der Waals surface area (Å²) >= 11 is 2.98. The first kappa shape index (κ1) is 14.8. The molecule has 0 saturated carbocycles. The maximum atomic E-state index is 14.0. The summed E-state index contributed by atoms with van der Waals surface area (Å²) in [5.74, 6) is 3.33. The van der Waals surface area contributed by atoms with E-state index in [2.05, 4.69) is 21.4 Å². The highest BCUT2D eigenvalue weighted by atomic mass is 79.9. The molecule has 2 unspecified atom stereocenters. The van der Waals surface area contributed by atoms with Crippen molar-refractivity contribution >= 4 is 25.8 Å². The van der Waals surface area contributed by atoms with E-state index in [1.165, 1.54) is 6.07 Å². The van der Waals surface area contributed by atoms with Crippen LogP contribution in [-0.4, -0.2) is 19.9 Å². The average molecular weight is 355 g/mol. The first-order valence-corrected chi connectivity index (χ1v) is 8.27. The van der Waals surface area contributed by atoms with Crippen molar-refractivity contribution in [3.05, 3.63) is 33.8 Å². The molecule has 3 N–H and O–H groups in total. The van der Waals surface area contributed by atoms with Gasteiger partial charge in [0.1, 0.15) is 11.6 Å². The van der Waals surface area contributed by atoms with E-state index in [0.717, 1.165) is 6.07 Å². The zero-order chi connectivity index (χ0) is 14.2. The topological polar surface area (TPSA) is 72.2 Å². The summed E-state index contributed by atoms with van der Waals surface area (Å²) in [7, 11) is -3.15. The molecule has 0 bridgehead atoms. The zero-order valence-electron chi connectivity index (χ0n) is 9.87. The number of nitrogens with one attached hydrogen (secondary N) is 1. The van der Waals surface area contributed by atoms with Gasteiger partial charge in [-0.3, -0.25) is 11.3 Å². The van der Waals surface area contributed by atoms with E-state index < -0.39 is 33.4 Å². The highest BCUT2D eigenvalue weighted by Crippen LogP contribution is 2.35. The molecule has 8 heteroatoms. The zero-order valence-corrected chi connectivity index (χ0v) is 12.3. The molecule has 0 aliphatic carbocycles. The fraction of sp³-hybridized carbons (Fsp3) is 0.455. The Morgan fingerprint density at radius 2 is 2.11 bits per heavy atom. The molecule has 1 aromatic carbocycles. The van der Waals surface area contributed by atoms with Crippen LogP contribution in [0.5, 0.6) is 0 Å². The average Bonchev–Trinajstić information content (AvgIpc) is 2.70. The molecule has 1 aromatic rings. The minimum atomic E-state index is -3.15. The van der Waals surface area contributed by atoms with E-state index in [1.807, 2.05) is 0 Å². The third kappa shape index (κ3) is 2.96. The molecular formula is C11H13BrF2N2O2S. The molecule has 0 radical (unpaired) electrons. The first-order chi connectivity index (χ1) is 8.85. The van der Waals surface area contributed by atoms with Crippen LogP contribution in [-0.2, 0) is 9.84 Å².